The molecule has 7 heteroatoms. The molecule has 0 radical (unpaired) electrons. The molecular formula is C22H33N3O3S. The molecule has 3 aliphatic heterocycles. The van der Waals surface area contributed by atoms with Crippen molar-refractivity contribution in [2.45, 2.75) is 44.4 Å². The molecule has 3 atom stereocenters. The average Bonchev–Trinajstić information content (AvgIpc) is 3.22. The second-order valence-electron chi connectivity index (χ2n) is 9.23. The highest BCUT2D eigenvalue weighted by atomic mass is 32.2. The normalized spacial score (nSPS) is 28.4. The number of fused-ring (bicyclic) bond motifs is 2. The lowest BCUT2D eigenvalue weighted by Gasteiger charge is -2.42. The first kappa shape index (κ1) is 20.8. The third-order valence-electron chi connectivity index (χ3n) is 7.28. The zero-order valence-corrected chi connectivity index (χ0v) is 18.3. The molecule has 1 spiro atoms. The van der Waals surface area contributed by atoms with Gasteiger partial charge in [0.05, 0.1) is 11.7 Å². The first-order chi connectivity index (χ1) is 13.8. The predicted molar refractivity (Wildman–Crippen MR) is 114 cm³/mol. The summed E-state index contributed by atoms with van der Waals surface area (Å²) in [6.07, 6.45) is 2.58. The van der Waals surface area contributed by atoms with E-state index >= 15 is 0 Å². The Kier molecular flexibility index (Phi) is 5.75. The molecule has 3 saturated heterocycles. The minimum atomic E-state index is -3.34. The summed E-state index contributed by atoms with van der Waals surface area (Å²) in [6.45, 7) is 8.29. The molecule has 3 aliphatic rings. The van der Waals surface area contributed by atoms with Crippen molar-refractivity contribution in [1.29, 1.82) is 0 Å². The second-order valence-corrected chi connectivity index (χ2v) is 11.2. The van der Waals surface area contributed by atoms with Crippen molar-refractivity contribution < 1.29 is 13.2 Å². The summed E-state index contributed by atoms with van der Waals surface area (Å²) < 4.78 is 27.4. The van der Waals surface area contributed by atoms with Crippen molar-refractivity contribution in [2.75, 3.05) is 32.7 Å². The number of sulfonamides is 1. The third-order valence-corrected chi connectivity index (χ3v) is 9.13. The molecule has 0 aliphatic carbocycles. The first-order valence-corrected chi connectivity index (χ1v) is 12.5. The fourth-order valence-corrected chi connectivity index (χ4v) is 6.93. The van der Waals surface area contributed by atoms with E-state index in [1.165, 1.54) is 0 Å². The fraction of sp³-hybridized carbons (Fsp3) is 0.682. The van der Waals surface area contributed by atoms with E-state index < -0.39 is 10.0 Å². The Labute approximate surface area is 174 Å². The number of carbonyl (C=O) groups excluding carboxylic acids is 1. The van der Waals surface area contributed by atoms with E-state index in [0.29, 0.717) is 37.8 Å². The van der Waals surface area contributed by atoms with E-state index in [1.807, 2.05) is 30.3 Å². The Balaban J connectivity index is 1.41. The van der Waals surface area contributed by atoms with E-state index in [4.69, 9.17) is 0 Å². The first-order valence-electron chi connectivity index (χ1n) is 10.9. The molecule has 4 rings (SSSR count). The van der Waals surface area contributed by atoms with Crippen LogP contribution in [0.25, 0.3) is 0 Å². The minimum absolute atomic E-state index is 0.0436. The molecule has 0 bridgehead atoms. The molecule has 1 aromatic rings. The number of carbonyl (C=O) groups is 1. The van der Waals surface area contributed by atoms with Crippen LogP contribution in [0.1, 0.15) is 38.7 Å². The molecule has 29 heavy (non-hydrogen) atoms. The summed E-state index contributed by atoms with van der Waals surface area (Å²) in [5.41, 5.74) is 0.587. The van der Waals surface area contributed by atoms with Crippen molar-refractivity contribution in [1.82, 2.24) is 14.5 Å². The van der Waals surface area contributed by atoms with E-state index in [-0.39, 0.29) is 23.1 Å². The van der Waals surface area contributed by atoms with Gasteiger partial charge in [-0.2, -0.15) is 0 Å². The second kappa shape index (κ2) is 8.00. The van der Waals surface area contributed by atoms with Crippen molar-refractivity contribution in [3.8, 4) is 0 Å². The quantitative estimate of drug-likeness (QED) is 0.766. The molecule has 1 aromatic carbocycles. The van der Waals surface area contributed by atoms with Gasteiger partial charge in [-0.05, 0) is 24.3 Å². The Hall–Kier alpha value is -1.44. The van der Waals surface area contributed by atoms with Gasteiger partial charge in [-0.3, -0.25) is 4.79 Å². The maximum Gasteiger partial charge on any atom is 0.225 e. The van der Waals surface area contributed by atoms with Gasteiger partial charge >= 0.3 is 0 Å². The lowest BCUT2D eigenvalue weighted by atomic mass is 9.76. The minimum Gasteiger partial charge on any atom is -0.350 e. The van der Waals surface area contributed by atoms with Crippen molar-refractivity contribution >= 4 is 15.9 Å². The molecule has 0 unspecified atom stereocenters. The zero-order chi connectivity index (χ0) is 20.6. The highest BCUT2D eigenvalue weighted by Crippen LogP contribution is 2.44. The number of likely N-dealkylation sites (tertiary alicyclic amines) is 1. The molecule has 3 fully saturated rings. The van der Waals surface area contributed by atoms with Gasteiger partial charge in [0.1, 0.15) is 0 Å². The molecule has 1 amide bonds. The summed E-state index contributed by atoms with van der Waals surface area (Å²) in [5, 5.41) is 3.29. The van der Waals surface area contributed by atoms with Crippen LogP contribution in [-0.4, -0.2) is 61.8 Å². The maximum absolute atomic E-state index is 12.9. The topological polar surface area (TPSA) is 69.7 Å². The SMILES string of the molecule is CC[C@H](C)CN1C[C@H]2C(=O)NC3(CCN(S(=O)(=O)Cc4ccccc4)CC3)[C@H]2C1. The molecular weight excluding hydrogens is 386 g/mol. The zero-order valence-electron chi connectivity index (χ0n) is 17.5. The van der Waals surface area contributed by atoms with Crippen LogP contribution in [0.3, 0.4) is 0 Å². The monoisotopic (exact) mass is 419 g/mol. The maximum atomic E-state index is 12.9. The molecule has 6 nitrogen and oxygen atoms in total. The van der Waals surface area contributed by atoms with E-state index in [2.05, 4.69) is 24.1 Å². The highest BCUT2D eigenvalue weighted by molar-refractivity contribution is 7.88. The summed E-state index contributed by atoms with van der Waals surface area (Å²) in [4.78, 5) is 15.1. The van der Waals surface area contributed by atoms with Crippen molar-refractivity contribution in [2.24, 2.45) is 17.8 Å². The lowest BCUT2D eigenvalue weighted by molar-refractivity contribution is -0.123. The number of rotatable bonds is 6. The van der Waals surface area contributed by atoms with Crippen LogP contribution in [0.5, 0.6) is 0 Å². The lowest BCUT2D eigenvalue weighted by Crippen LogP contribution is -2.56. The van der Waals surface area contributed by atoms with E-state index in [0.717, 1.165) is 31.6 Å². The van der Waals surface area contributed by atoms with Gasteiger partial charge in [0, 0.05) is 44.2 Å². The fourth-order valence-electron chi connectivity index (χ4n) is 5.40. The van der Waals surface area contributed by atoms with Crippen LogP contribution in [0.15, 0.2) is 30.3 Å². The van der Waals surface area contributed by atoms with Crippen LogP contribution >= 0.6 is 0 Å². The van der Waals surface area contributed by atoms with Crippen LogP contribution in [0.2, 0.25) is 0 Å². The summed E-state index contributed by atoms with van der Waals surface area (Å²) in [5.74, 6) is 1.21. The van der Waals surface area contributed by atoms with Crippen LogP contribution in [0.4, 0.5) is 0 Å². The van der Waals surface area contributed by atoms with Crippen LogP contribution in [-0.2, 0) is 20.6 Å². The van der Waals surface area contributed by atoms with E-state index in [9.17, 15) is 13.2 Å². The number of hydrogen-bond donors (Lipinski definition) is 1. The van der Waals surface area contributed by atoms with Crippen LogP contribution in [0, 0.1) is 17.8 Å². The highest BCUT2D eigenvalue weighted by Gasteiger charge is 2.57. The van der Waals surface area contributed by atoms with Crippen molar-refractivity contribution in [3.05, 3.63) is 35.9 Å². The number of amides is 1. The number of piperidine rings is 1. The van der Waals surface area contributed by atoms with Crippen LogP contribution < -0.4 is 5.32 Å². The van der Waals surface area contributed by atoms with Gasteiger partial charge in [0.15, 0.2) is 0 Å². The summed E-state index contributed by atoms with van der Waals surface area (Å²) in [7, 11) is -3.34. The Bertz CT molecular complexity index is 834. The summed E-state index contributed by atoms with van der Waals surface area (Å²) in [6, 6.07) is 9.35. The van der Waals surface area contributed by atoms with Gasteiger partial charge in [0.25, 0.3) is 0 Å². The summed E-state index contributed by atoms with van der Waals surface area (Å²) >= 11 is 0. The molecule has 3 heterocycles. The molecule has 0 saturated carbocycles. The van der Waals surface area contributed by atoms with Gasteiger partial charge < -0.3 is 10.2 Å². The van der Waals surface area contributed by atoms with Gasteiger partial charge in [-0.1, -0.05) is 50.6 Å². The molecule has 0 aromatic heterocycles. The standard InChI is InChI=1S/C22H33N3O3S/c1-3-17(2)13-24-14-19-20(15-24)22(23-21(19)26)9-11-25(12-10-22)29(27,28)16-18-7-5-4-6-8-18/h4-8,17,19-20H,3,9-16H2,1-2H3,(H,23,26)/t17-,19+,20-/m0/s1. The number of nitrogens with zero attached hydrogens (tertiary/aromatic N) is 2. The Morgan fingerprint density at radius 3 is 2.52 bits per heavy atom. The predicted octanol–water partition coefficient (Wildman–Crippen LogP) is 2.07. The number of benzene rings is 1. The molecule has 160 valence electrons. The van der Waals surface area contributed by atoms with Gasteiger partial charge in [-0.25, -0.2) is 12.7 Å². The average molecular weight is 420 g/mol. The Morgan fingerprint density at radius 2 is 1.86 bits per heavy atom. The third kappa shape index (κ3) is 4.09. The molecule has 1 N–H and O–H groups in total. The van der Waals surface area contributed by atoms with Gasteiger partial charge in [0.2, 0.25) is 15.9 Å². The van der Waals surface area contributed by atoms with Crippen molar-refractivity contribution in [3.63, 3.8) is 0 Å². The largest absolute Gasteiger partial charge is 0.350 e. The van der Waals surface area contributed by atoms with E-state index in [1.54, 1.807) is 4.31 Å². The smallest absolute Gasteiger partial charge is 0.225 e. The Morgan fingerprint density at radius 1 is 1.17 bits per heavy atom. The van der Waals surface area contributed by atoms with Gasteiger partial charge in [-0.15, -0.1) is 0 Å². The number of nitrogens with one attached hydrogen (secondary N) is 1. The number of hydrogen-bond acceptors (Lipinski definition) is 4.